The minimum atomic E-state index is 0.228. The lowest BCUT2D eigenvalue weighted by Crippen LogP contribution is -2.44. The highest BCUT2D eigenvalue weighted by Crippen LogP contribution is 2.31. The fourth-order valence-electron chi connectivity index (χ4n) is 2.79. The normalized spacial score (nSPS) is 23.8. The molecule has 2 N–H and O–H groups in total. The standard InChI is InChI=1S/C13H21BrN2O/c1-2-10-5-3-4-8-16(10)11(9-15)12-6-7-13(14)17-12/h6-7,10-11H,2-5,8-9,15H2,1H3. The summed E-state index contributed by atoms with van der Waals surface area (Å²) in [5, 5.41) is 0. The molecule has 0 radical (unpaired) electrons. The highest BCUT2D eigenvalue weighted by atomic mass is 79.9. The summed E-state index contributed by atoms with van der Waals surface area (Å²) in [7, 11) is 0. The third kappa shape index (κ3) is 2.92. The fraction of sp³-hybridized carbons (Fsp3) is 0.692. The van der Waals surface area contributed by atoms with Gasteiger partial charge in [0.2, 0.25) is 0 Å². The SMILES string of the molecule is CCC1CCCCN1C(CN)c1ccc(Br)o1. The zero-order chi connectivity index (χ0) is 12.3. The van der Waals surface area contributed by atoms with Gasteiger partial charge in [0.15, 0.2) is 4.67 Å². The first-order chi connectivity index (χ1) is 8.26. The Morgan fingerprint density at radius 1 is 1.53 bits per heavy atom. The number of likely N-dealkylation sites (tertiary alicyclic amines) is 1. The van der Waals surface area contributed by atoms with E-state index in [0.29, 0.717) is 12.6 Å². The number of furan rings is 1. The van der Waals surface area contributed by atoms with Gasteiger partial charge in [0.25, 0.3) is 0 Å². The fourth-order valence-corrected chi connectivity index (χ4v) is 3.11. The molecule has 17 heavy (non-hydrogen) atoms. The van der Waals surface area contributed by atoms with Crippen LogP contribution in [0, 0.1) is 0 Å². The van der Waals surface area contributed by atoms with Crippen LogP contribution in [0.3, 0.4) is 0 Å². The van der Waals surface area contributed by atoms with Crippen LogP contribution in [-0.2, 0) is 0 Å². The average Bonchev–Trinajstić information content (AvgIpc) is 2.77. The predicted molar refractivity (Wildman–Crippen MR) is 72.8 cm³/mol. The van der Waals surface area contributed by atoms with Crippen molar-refractivity contribution in [2.24, 2.45) is 5.73 Å². The van der Waals surface area contributed by atoms with Gasteiger partial charge in [-0.15, -0.1) is 0 Å². The maximum Gasteiger partial charge on any atom is 0.169 e. The summed E-state index contributed by atoms with van der Waals surface area (Å²) < 4.78 is 6.47. The van der Waals surface area contributed by atoms with E-state index in [1.807, 2.05) is 12.1 Å². The third-order valence-electron chi connectivity index (χ3n) is 3.69. The zero-order valence-electron chi connectivity index (χ0n) is 10.4. The van der Waals surface area contributed by atoms with Crippen LogP contribution >= 0.6 is 15.9 Å². The first-order valence-corrected chi connectivity index (χ1v) is 7.26. The maximum absolute atomic E-state index is 5.94. The molecule has 96 valence electrons. The van der Waals surface area contributed by atoms with E-state index < -0.39 is 0 Å². The Labute approximate surface area is 111 Å². The largest absolute Gasteiger partial charge is 0.453 e. The second-order valence-electron chi connectivity index (χ2n) is 4.69. The minimum absolute atomic E-state index is 0.228. The van der Waals surface area contributed by atoms with E-state index in [1.165, 1.54) is 25.7 Å². The van der Waals surface area contributed by atoms with Crippen molar-refractivity contribution in [2.45, 2.75) is 44.7 Å². The number of nitrogens with two attached hydrogens (primary N) is 1. The van der Waals surface area contributed by atoms with Crippen LogP contribution in [0.2, 0.25) is 0 Å². The summed E-state index contributed by atoms with van der Waals surface area (Å²) >= 11 is 3.36. The molecule has 2 heterocycles. The Bertz CT molecular complexity index is 353. The van der Waals surface area contributed by atoms with Crippen molar-refractivity contribution >= 4 is 15.9 Å². The van der Waals surface area contributed by atoms with Gasteiger partial charge in [-0.3, -0.25) is 4.90 Å². The molecule has 1 saturated heterocycles. The molecule has 0 bridgehead atoms. The lowest BCUT2D eigenvalue weighted by atomic mass is 9.97. The van der Waals surface area contributed by atoms with E-state index in [0.717, 1.165) is 17.0 Å². The highest BCUT2D eigenvalue weighted by Gasteiger charge is 2.29. The molecule has 1 aliphatic heterocycles. The molecule has 1 fully saturated rings. The maximum atomic E-state index is 5.94. The molecule has 0 amide bonds. The van der Waals surface area contributed by atoms with Crippen molar-refractivity contribution < 1.29 is 4.42 Å². The van der Waals surface area contributed by atoms with Crippen molar-refractivity contribution in [1.82, 2.24) is 4.90 Å². The third-order valence-corrected chi connectivity index (χ3v) is 4.12. The zero-order valence-corrected chi connectivity index (χ0v) is 11.9. The predicted octanol–water partition coefficient (Wildman–Crippen LogP) is 3.31. The highest BCUT2D eigenvalue weighted by molar-refractivity contribution is 9.10. The number of halogens is 1. The summed E-state index contributed by atoms with van der Waals surface area (Å²) in [5.41, 5.74) is 5.94. The van der Waals surface area contributed by atoms with Gasteiger partial charge >= 0.3 is 0 Å². The van der Waals surface area contributed by atoms with Gasteiger partial charge in [-0.2, -0.15) is 0 Å². The Morgan fingerprint density at radius 2 is 2.35 bits per heavy atom. The second kappa shape index (κ2) is 6.03. The Morgan fingerprint density at radius 3 is 2.94 bits per heavy atom. The number of piperidine rings is 1. The van der Waals surface area contributed by atoms with Gasteiger partial charge in [0.1, 0.15) is 5.76 Å². The minimum Gasteiger partial charge on any atom is -0.453 e. The molecule has 1 aliphatic rings. The molecule has 0 spiro atoms. The van der Waals surface area contributed by atoms with E-state index in [-0.39, 0.29) is 6.04 Å². The van der Waals surface area contributed by atoms with E-state index >= 15 is 0 Å². The molecule has 4 heteroatoms. The van der Waals surface area contributed by atoms with Crippen LogP contribution < -0.4 is 5.73 Å². The van der Waals surface area contributed by atoms with Crippen molar-refractivity contribution in [3.63, 3.8) is 0 Å². The summed E-state index contributed by atoms with van der Waals surface area (Å²) in [6, 6.07) is 4.86. The van der Waals surface area contributed by atoms with Crippen molar-refractivity contribution in [3.8, 4) is 0 Å². The lowest BCUT2D eigenvalue weighted by molar-refractivity contribution is 0.0828. The van der Waals surface area contributed by atoms with E-state index in [4.69, 9.17) is 10.2 Å². The molecular weight excluding hydrogens is 280 g/mol. The summed E-state index contributed by atoms with van der Waals surface area (Å²) in [5.74, 6) is 0.986. The first-order valence-electron chi connectivity index (χ1n) is 6.47. The second-order valence-corrected chi connectivity index (χ2v) is 5.47. The van der Waals surface area contributed by atoms with Crippen LogP contribution in [0.1, 0.15) is 44.4 Å². The average molecular weight is 301 g/mol. The molecular formula is C13H21BrN2O. The van der Waals surface area contributed by atoms with Crippen LogP contribution in [0.5, 0.6) is 0 Å². The summed E-state index contributed by atoms with van der Waals surface area (Å²) in [6.45, 7) is 4.02. The number of nitrogens with zero attached hydrogens (tertiary/aromatic N) is 1. The molecule has 1 aromatic heterocycles. The molecule has 0 aliphatic carbocycles. The number of hydrogen-bond donors (Lipinski definition) is 1. The van der Waals surface area contributed by atoms with Gasteiger partial charge in [0.05, 0.1) is 6.04 Å². The Hall–Kier alpha value is -0.320. The van der Waals surface area contributed by atoms with Gasteiger partial charge in [-0.25, -0.2) is 0 Å². The molecule has 2 rings (SSSR count). The molecule has 0 saturated carbocycles. The summed E-state index contributed by atoms with van der Waals surface area (Å²) in [6.07, 6.45) is 5.09. The molecule has 2 atom stereocenters. The van der Waals surface area contributed by atoms with Gasteiger partial charge < -0.3 is 10.2 Å². The van der Waals surface area contributed by atoms with E-state index in [9.17, 15) is 0 Å². The van der Waals surface area contributed by atoms with Gasteiger partial charge in [-0.1, -0.05) is 13.3 Å². The smallest absolute Gasteiger partial charge is 0.169 e. The monoisotopic (exact) mass is 300 g/mol. The van der Waals surface area contributed by atoms with Crippen molar-refractivity contribution in [2.75, 3.05) is 13.1 Å². The topological polar surface area (TPSA) is 42.4 Å². The first kappa shape index (κ1) is 13.1. The Balaban J connectivity index is 2.16. The lowest BCUT2D eigenvalue weighted by Gasteiger charge is -2.39. The quantitative estimate of drug-likeness (QED) is 0.928. The molecule has 1 aromatic rings. The molecule has 3 nitrogen and oxygen atoms in total. The van der Waals surface area contributed by atoms with Crippen LogP contribution in [0.25, 0.3) is 0 Å². The van der Waals surface area contributed by atoms with Crippen LogP contribution in [0.4, 0.5) is 0 Å². The molecule has 2 unspecified atom stereocenters. The van der Waals surface area contributed by atoms with Crippen molar-refractivity contribution in [3.05, 3.63) is 22.6 Å². The summed E-state index contributed by atoms with van der Waals surface area (Å²) in [4.78, 5) is 2.52. The van der Waals surface area contributed by atoms with Crippen molar-refractivity contribution in [1.29, 1.82) is 0 Å². The van der Waals surface area contributed by atoms with E-state index in [1.54, 1.807) is 0 Å². The number of hydrogen-bond acceptors (Lipinski definition) is 3. The number of rotatable bonds is 4. The Kier molecular flexibility index (Phi) is 4.65. The van der Waals surface area contributed by atoms with Gasteiger partial charge in [0, 0.05) is 12.6 Å². The van der Waals surface area contributed by atoms with Gasteiger partial charge in [-0.05, 0) is 53.9 Å². The van der Waals surface area contributed by atoms with Crippen LogP contribution in [0.15, 0.2) is 21.2 Å². The van der Waals surface area contributed by atoms with Crippen LogP contribution in [-0.4, -0.2) is 24.0 Å². The van der Waals surface area contributed by atoms with E-state index in [2.05, 4.69) is 27.8 Å². The molecule has 0 aromatic carbocycles.